The molecule has 0 unspecified atom stereocenters. The summed E-state index contributed by atoms with van der Waals surface area (Å²) in [5.41, 5.74) is 1.61. The maximum absolute atomic E-state index is 14.8. The van der Waals surface area contributed by atoms with Gasteiger partial charge in [0.25, 0.3) is 0 Å². The van der Waals surface area contributed by atoms with E-state index in [9.17, 15) is 4.39 Å². The zero-order valence-corrected chi connectivity index (χ0v) is 23.3. The van der Waals surface area contributed by atoms with Crippen LogP contribution in [0.3, 0.4) is 0 Å². The topological polar surface area (TPSA) is 89.9 Å². The number of rotatable bonds is 10. The molecule has 212 valence electrons. The highest BCUT2D eigenvalue weighted by atomic mass is 19.1. The molecule has 0 aromatic carbocycles. The Bertz CT molecular complexity index is 1210. The normalized spacial score (nSPS) is 24.3. The number of anilines is 1. The number of hydrogen-bond donors (Lipinski definition) is 0. The van der Waals surface area contributed by atoms with Gasteiger partial charge in [-0.3, -0.25) is 4.84 Å². The van der Waals surface area contributed by atoms with Crippen LogP contribution in [-0.2, 0) is 22.5 Å². The van der Waals surface area contributed by atoms with Gasteiger partial charge in [-0.25, -0.2) is 9.37 Å². The van der Waals surface area contributed by atoms with Crippen molar-refractivity contribution in [3.05, 3.63) is 46.4 Å². The van der Waals surface area contributed by atoms with E-state index in [4.69, 9.17) is 18.5 Å². The Morgan fingerprint density at radius 3 is 2.74 bits per heavy atom. The minimum Gasteiger partial charge on any atom is -0.498 e. The van der Waals surface area contributed by atoms with Gasteiger partial charge in [-0.05, 0) is 55.4 Å². The zero-order valence-electron chi connectivity index (χ0n) is 23.3. The molecule has 0 N–H and O–H groups in total. The Kier molecular flexibility index (Phi) is 7.75. The molecule has 4 heterocycles. The molecule has 0 amide bonds. The van der Waals surface area contributed by atoms with Gasteiger partial charge in [0.15, 0.2) is 11.7 Å². The van der Waals surface area contributed by atoms with Crippen LogP contribution >= 0.6 is 0 Å². The summed E-state index contributed by atoms with van der Waals surface area (Å²) in [5.74, 6) is 5.48. The van der Waals surface area contributed by atoms with Gasteiger partial charge in [0.05, 0.1) is 31.2 Å². The lowest BCUT2D eigenvalue weighted by atomic mass is 9.90. The van der Waals surface area contributed by atoms with Crippen molar-refractivity contribution in [3.8, 4) is 0 Å². The maximum Gasteiger partial charge on any atom is 0.324 e. The number of piperidine rings is 1. The molecule has 2 atom stereocenters. The molecule has 2 fully saturated rings. The Balaban J connectivity index is 0.892. The highest BCUT2D eigenvalue weighted by Gasteiger charge is 2.43. The summed E-state index contributed by atoms with van der Waals surface area (Å²) in [6.45, 7) is 10.2. The van der Waals surface area contributed by atoms with Crippen molar-refractivity contribution in [1.82, 2.24) is 20.2 Å². The van der Waals surface area contributed by atoms with Gasteiger partial charge in [0.2, 0.25) is 0 Å². The number of oxazole rings is 1. The molecule has 0 spiro atoms. The second kappa shape index (κ2) is 11.4. The third-order valence-corrected chi connectivity index (χ3v) is 8.64. The average Bonchev–Trinajstić information content (AvgIpc) is 3.33. The number of aryl methyl sites for hydroxylation is 1. The van der Waals surface area contributed by atoms with Gasteiger partial charge in [0.1, 0.15) is 11.6 Å². The van der Waals surface area contributed by atoms with Crippen LogP contribution in [0.5, 0.6) is 0 Å². The quantitative estimate of drug-likeness (QED) is 0.379. The van der Waals surface area contributed by atoms with Crippen molar-refractivity contribution in [1.29, 1.82) is 0 Å². The van der Waals surface area contributed by atoms with Gasteiger partial charge >= 0.3 is 6.01 Å². The van der Waals surface area contributed by atoms with Crippen LogP contribution in [0.1, 0.15) is 81.5 Å². The Hall–Kier alpha value is -2.72. The zero-order chi connectivity index (χ0) is 26.9. The second-order valence-electron chi connectivity index (χ2n) is 11.8. The first-order valence-corrected chi connectivity index (χ1v) is 14.6. The van der Waals surface area contributed by atoms with E-state index in [0.717, 1.165) is 79.7 Å². The standard InChI is InChI=1S/C29H40FN5O4/c1-18(2)28-32-29(39-33-28)34-10-6-20(7-11-34)24-14-21(24)9-13-36-23-5-4-22(25(30)15-23)17-37-35-12-8-27-26(16-35)31-19(3)38-27/h15,18,20-21,24H,4-14,16-17H2,1-3H3/t21-,24-/m1/s1. The van der Waals surface area contributed by atoms with Gasteiger partial charge in [0, 0.05) is 51.4 Å². The Labute approximate surface area is 229 Å². The molecule has 39 heavy (non-hydrogen) atoms. The number of hydrogen-bond acceptors (Lipinski definition) is 9. The summed E-state index contributed by atoms with van der Waals surface area (Å²) in [4.78, 5) is 17.1. The minimum absolute atomic E-state index is 0.218. The lowest BCUT2D eigenvalue weighted by molar-refractivity contribution is -0.163. The summed E-state index contributed by atoms with van der Waals surface area (Å²) >= 11 is 0. The summed E-state index contributed by atoms with van der Waals surface area (Å²) in [7, 11) is 0. The molecular formula is C29H40FN5O4. The van der Waals surface area contributed by atoms with Crippen molar-refractivity contribution in [2.75, 3.05) is 37.7 Å². The molecule has 10 heteroatoms. The molecule has 1 saturated heterocycles. The van der Waals surface area contributed by atoms with Gasteiger partial charge < -0.3 is 18.6 Å². The summed E-state index contributed by atoms with van der Waals surface area (Å²) in [6.07, 6.45) is 8.34. The molecule has 0 bridgehead atoms. The third-order valence-electron chi connectivity index (χ3n) is 8.64. The lowest BCUT2D eigenvalue weighted by Crippen LogP contribution is -2.34. The van der Waals surface area contributed by atoms with Crippen LogP contribution in [0.25, 0.3) is 0 Å². The molecular weight excluding hydrogens is 501 g/mol. The fourth-order valence-corrected chi connectivity index (χ4v) is 6.18. The average molecular weight is 542 g/mol. The molecule has 2 aromatic heterocycles. The Morgan fingerprint density at radius 1 is 1.13 bits per heavy atom. The fraction of sp³-hybridized carbons (Fsp3) is 0.690. The van der Waals surface area contributed by atoms with Crippen molar-refractivity contribution in [2.24, 2.45) is 17.8 Å². The van der Waals surface area contributed by atoms with E-state index in [1.807, 2.05) is 12.0 Å². The van der Waals surface area contributed by atoms with Gasteiger partial charge in [-0.2, -0.15) is 10.0 Å². The molecule has 0 radical (unpaired) electrons. The van der Waals surface area contributed by atoms with Crippen LogP contribution < -0.4 is 4.90 Å². The fourth-order valence-electron chi connectivity index (χ4n) is 6.18. The highest BCUT2D eigenvalue weighted by molar-refractivity contribution is 5.28. The minimum atomic E-state index is -0.218. The van der Waals surface area contributed by atoms with E-state index in [1.165, 1.54) is 19.3 Å². The summed E-state index contributed by atoms with van der Waals surface area (Å²) < 4.78 is 31.8. The number of allylic oxidation sites excluding steroid dienone is 3. The van der Waals surface area contributed by atoms with Crippen LogP contribution in [-0.4, -0.2) is 53.0 Å². The van der Waals surface area contributed by atoms with Crippen molar-refractivity contribution in [3.63, 3.8) is 0 Å². The van der Waals surface area contributed by atoms with Gasteiger partial charge in [-0.15, -0.1) is 0 Å². The highest BCUT2D eigenvalue weighted by Crippen LogP contribution is 2.50. The van der Waals surface area contributed by atoms with Crippen LogP contribution in [0.4, 0.5) is 10.4 Å². The smallest absolute Gasteiger partial charge is 0.324 e. The lowest BCUT2D eigenvalue weighted by Gasteiger charge is -2.30. The van der Waals surface area contributed by atoms with E-state index in [0.29, 0.717) is 37.1 Å². The van der Waals surface area contributed by atoms with E-state index >= 15 is 0 Å². The maximum atomic E-state index is 14.8. The number of hydroxylamine groups is 2. The SMILES string of the molecule is Cc1nc2c(o1)CCN(OCC1=C(F)C=C(OCC[C@@H]3C[C@@H]3C3CCN(c4nc(C(C)C)no4)CC3)CC1)C2. The van der Waals surface area contributed by atoms with Crippen molar-refractivity contribution in [2.45, 2.75) is 78.2 Å². The van der Waals surface area contributed by atoms with Crippen LogP contribution in [0, 0.1) is 24.7 Å². The molecule has 2 aromatic rings. The predicted molar refractivity (Wildman–Crippen MR) is 142 cm³/mol. The number of fused-ring (bicyclic) bond motifs is 1. The number of nitrogens with zero attached hydrogens (tertiary/aromatic N) is 5. The number of ether oxygens (including phenoxy) is 1. The molecule has 4 aliphatic rings. The molecule has 1 saturated carbocycles. The van der Waals surface area contributed by atoms with E-state index in [-0.39, 0.29) is 18.4 Å². The predicted octanol–water partition coefficient (Wildman–Crippen LogP) is 5.64. The first kappa shape index (κ1) is 26.5. The summed E-state index contributed by atoms with van der Waals surface area (Å²) in [5, 5.41) is 5.95. The van der Waals surface area contributed by atoms with Crippen molar-refractivity contribution < 1.29 is 22.9 Å². The van der Waals surface area contributed by atoms with Gasteiger partial charge in [-0.1, -0.05) is 19.0 Å². The molecule has 6 rings (SSSR count). The second-order valence-corrected chi connectivity index (χ2v) is 11.8. The van der Waals surface area contributed by atoms with E-state index in [1.54, 1.807) is 6.08 Å². The first-order chi connectivity index (χ1) is 18.9. The largest absolute Gasteiger partial charge is 0.498 e. The van der Waals surface area contributed by atoms with Crippen LogP contribution in [0.2, 0.25) is 0 Å². The van der Waals surface area contributed by atoms with Crippen molar-refractivity contribution >= 4 is 6.01 Å². The molecule has 9 nitrogen and oxygen atoms in total. The monoisotopic (exact) mass is 541 g/mol. The molecule has 2 aliphatic carbocycles. The number of aromatic nitrogens is 3. The molecule has 2 aliphatic heterocycles. The van der Waals surface area contributed by atoms with E-state index in [2.05, 4.69) is 33.9 Å². The van der Waals surface area contributed by atoms with Crippen LogP contribution in [0.15, 0.2) is 32.2 Å². The summed E-state index contributed by atoms with van der Waals surface area (Å²) in [6, 6.07) is 0.668. The number of halogens is 1. The third kappa shape index (κ3) is 6.22. The first-order valence-electron chi connectivity index (χ1n) is 14.6. The van der Waals surface area contributed by atoms with E-state index < -0.39 is 0 Å². The Morgan fingerprint density at radius 2 is 1.97 bits per heavy atom.